The highest BCUT2D eigenvalue weighted by Crippen LogP contribution is 2.11. The lowest BCUT2D eigenvalue weighted by Gasteiger charge is -2.18. The van der Waals surface area contributed by atoms with Crippen LogP contribution in [-0.4, -0.2) is 37.2 Å². The summed E-state index contributed by atoms with van der Waals surface area (Å²) in [6.45, 7) is 6.34. The minimum Gasteiger partial charge on any atom is -0.462 e. The monoisotopic (exact) mass is 925 g/mol. The third kappa shape index (κ3) is 52.4. The van der Waals surface area contributed by atoms with Gasteiger partial charge in [0.2, 0.25) is 0 Å². The fourth-order valence-corrected chi connectivity index (χ4v) is 6.61. The molecule has 0 fully saturated rings. The summed E-state index contributed by atoms with van der Waals surface area (Å²) in [5, 5.41) is 0. The second kappa shape index (κ2) is 54.2. The van der Waals surface area contributed by atoms with Gasteiger partial charge in [-0.3, -0.25) is 14.4 Å². The van der Waals surface area contributed by atoms with Crippen molar-refractivity contribution >= 4 is 17.9 Å². The summed E-state index contributed by atoms with van der Waals surface area (Å²) < 4.78 is 16.7. The molecule has 0 amide bonds. The molecule has 376 valence electrons. The summed E-state index contributed by atoms with van der Waals surface area (Å²) in [5.41, 5.74) is 0. The third-order valence-electron chi connectivity index (χ3n) is 10.6. The molecule has 0 heterocycles. The van der Waals surface area contributed by atoms with Crippen molar-refractivity contribution in [1.82, 2.24) is 0 Å². The topological polar surface area (TPSA) is 78.9 Å². The normalized spacial score (nSPS) is 13.2. The molecule has 0 aromatic heterocycles. The third-order valence-corrected chi connectivity index (χ3v) is 10.6. The van der Waals surface area contributed by atoms with Gasteiger partial charge in [-0.1, -0.05) is 193 Å². The summed E-state index contributed by atoms with van der Waals surface area (Å²) in [6, 6.07) is 0. The van der Waals surface area contributed by atoms with Crippen LogP contribution in [0, 0.1) is 0 Å². The van der Waals surface area contributed by atoms with E-state index in [0.29, 0.717) is 19.3 Å². The van der Waals surface area contributed by atoms with Gasteiger partial charge in [0.1, 0.15) is 13.2 Å². The number of carbonyl (C=O) groups excluding carboxylic acids is 3. The van der Waals surface area contributed by atoms with Gasteiger partial charge in [-0.2, -0.15) is 0 Å². The maximum absolute atomic E-state index is 12.8. The van der Waals surface area contributed by atoms with E-state index in [2.05, 4.69) is 154 Å². The zero-order chi connectivity index (χ0) is 48.6. The van der Waals surface area contributed by atoms with Gasteiger partial charge in [0.05, 0.1) is 0 Å². The molecule has 0 rings (SSSR count). The molecule has 0 saturated carbocycles. The highest BCUT2D eigenvalue weighted by molar-refractivity contribution is 5.71. The second-order valence-corrected chi connectivity index (χ2v) is 17.0. The van der Waals surface area contributed by atoms with Crippen molar-refractivity contribution in [2.45, 2.75) is 219 Å². The molecular weight excluding hydrogens is 829 g/mol. The minimum atomic E-state index is -0.836. The predicted molar refractivity (Wildman–Crippen MR) is 288 cm³/mol. The van der Waals surface area contributed by atoms with E-state index >= 15 is 0 Å². The second-order valence-electron chi connectivity index (χ2n) is 17.0. The average Bonchev–Trinajstić information content (AvgIpc) is 3.33. The Bertz CT molecular complexity index is 1480. The van der Waals surface area contributed by atoms with Crippen LogP contribution in [0.2, 0.25) is 0 Å². The molecule has 0 N–H and O–H groups in total. The van der Waals surface area contributed by atoms with Crippen LogP contribution in [0.1, 0.15) is 213 Å². The van der Waals surface area contributed by atoms with Gasteiger partial charge >= 0.3 is 17.9 Å². The number of rotatable bonds is 46. The van der Waals surface area contributed by atoms with E-state index in [1.807, 2.05) is 0 Å². The van der Waals surface area contributed by atoms with Gasteiger partial charge in [-0.15, -0.1) is 0 Å². The van der Waals surface area contributed by atoms with E-state index in [-0.39, 0.29) is 44.0 Å². The Hall–Kier alpha value is -4.45. The van der Waals surface area contributed by atoms with Crippen molar-refractivity contribution in [1.29, 1.82) is 0 Å². The van der Waals surface area contributed by atoms with Gasteiger partial charge in [0.25, 0.3) is 0 Å². The number of carbonyl (C=O) groups is 3. The molecule has 0 aliphatic carbocycles. The van der Waals surface area contributed by atoms with E-state index in [0.717, 1.165) is 109 Å². The molecule has 0 spiro atoms. The molecule has 0 aliphatic rings. The van der Waals surface area contributed by atoms with Crippen LogP contribution in [0.25, 0.3) is 0 Å². The van der Waals surface area contributed by atoms with Crippen molar-refractivity contribution in [3.05, 3.63) is 134 Å². The predicted octanol–water partition coefficient (Wildman–Crippen LogP) is 17.9. The Labute approximate surface area is 411 Å². The molecule has 6 nitrogen and oxygen atoms in total. The smallest absolute Gasteiger partial charge is 0.306 e. The molecule has 0 aliphatic heterocycles. The minimum absolute atomic E-state index is 0.128. The summed E-state index contributed by atoms with van der Waals surface area (Å²) >= 11 is 0. The molecule has 67 heavy (non-hydrogen) atoms. The first-order valence-corrected chi connectivity index (χ1v) is 26.7. The van der Waals surface area contributed by atoms with Crippen molar-refractivity contribution in [2.24, 2.45) is 0 Å². The van der Waals surface area contributed by atoms with Crippen molar-refractivity contribution in [3.63, 3.8) is 0 Å². The Morgan fingerprint density at radius 2 is 0.597 bits per heavy atom. The summed E-state index contributed by atoms with van der Waals surface area (Å²) in [5.74, 6) is -1.06. The summed E-state index contributed by atoms with van der Waals surface area (Å²) in [4.78, 5) is 38.0. The molecule has 0 aromatic carbocycles. The number of hydrogen-bond donors (Lipinski definition) is 0. The zero-order valence-corrected chi connectivity index (χ0v) is 42.9. The van der Waals surface area contributed by atoms with E-state index < -0.39 is 6.10 Å². The van der Waals surface area contributed by atoms with Crippen molar-refractivity contribution in [3.8, 4) is 0 Å². The molecule has 1 atom stereocenters. The van der Waals surface area contributed by atoms with E-state index in [9.17, 15) is 14.4 Å². The SMILES string of the molecule is CC/C=C\C/C=C\C/C=C\C/C=C\CCCCC(=O)O[C@H](COC(=O)CCC/C=C\C/C=C\C/C=C\C/C=C\CCCCC)COC(=O)CCCCCC/C=C\C/C=C\C/C=C\CCCCC. The van der Waals surface area contributed by atoms with Crippen LogP contribution in [0.3, 0.4) is 0 Å². The van der Waals surface area contributed by atoms with Gasteiger partial charge < -0.3 is 14.2 Å². The molecule has 0 unspecified atom stereocenters. The van der Waals surface area contributed by atoms with Crippen molar-refractivity contribution < 1.29 is 28.6 Å². The van der Waals surface area contributed by atoms with Crippen LogP contribution in [0.15, 0.2) is 134 Å². The fraction of sp³-hybridized carbons (Fsp3) is 0.590. The number of unbranched alkanes of at least 4 members (excludes halogenated alkanes) is 13. The van der Waals surface area contributed by atoms with Gasteiger partial charge in [-0.25, -0.2) is 0 Å². The average molecular weight is 925 g/mol. The lowest BCUT2D eigenvalue weighted by Crippen LogP contribution is -2.30. The first-order chi connectivity index (χ1) is 33.0. The standard InChI is InChI=1S/C61H96O6/c1-4-7-10-13-16-19-22-25-28-30-33-35-38-41-44-47-50-53-59(62)65-56-58(67-61(64)55-52-49-46-43-40-37-32-27-24-21-18-15-12-9-6-3)57-66-60(63)54-51-48-45-42-39-36-34-31-29-26-23-20-17-14-11-8-5-2/h9,12,16-21,25-29,32-36,40-41,43-44,58H,4-8,10-11,13-15,22-24,30-31,37-39,42,45-57H2,1-3H3/b12-9-,19-16-,20-17-,21-18-,28-25-,29-26-,32-27-,35-33-,36-34-,43-40-,44-41-/t58-/m1/s1. The van der Waals surface area contributed by atoms with Gasteiger partial charge in [-0.05, 0) is 135 Å². The maximum Gasteiger partial charge on any atom is 0.306 e. The number of esters is 3. The quantitative estimate of drug-likeness (QED) is 0.0262. The lowest BCUT2D eigenvalue weighted by molar-refractivity contribution is -0.167. The lowest BCUT2D eigenvalue weighted by atomic mass is 10.1. The molecule has 0 saturated heterocycles. The van der Waals surface area contributed by atoms with Crippen LogP contribution < -0.4 is 0 Å². The highest BCUT2D eigenvalue weighted by Gasteiger charge is 2.19. The van der Waals surface area contributed by atoms with E-state index in [1.165, 1.54) is 51.4 Å². The zero-order valence-electron chi connectivity index (χ0n) is 42.9. The Balaban J connectivity index is 4.60. The van der Waals surface area contributed by atoms with Gasteiger partial charge in [0, 0.05) is 19.3 Å². The maximum atomic E-state index is 12.8. The largest absolute Gasteiger partial charge is 0.462 e. The number of allylic oxidation sites excluding steroid dienone is 22. The summed E-state index contributed by atoms with van der Waals surface area (Å²) in [6.07, 6.45) is 75.8. The molecular formula is C61H96O6. The Morgan fingerprint density at radius 3 is 0.985 bits per heavy atom. The fourth-order valence-electron chi connectivity index (χ4n) is 6.61. The molecule has 0 bridgehead atoms. The number of ether oxygens (including phenoxy) is 3. The Morgan fingerprint density at radius 1 is 0.313 bits per heavy atom. The van der Waals surface area contributed by atoms with E-state index in [1.54, 1.807) is 0 Å². The summed E-state index contributed by atoms with van der Waals surface area (Å²) in [7, 11) is 0. The van der Waals surface area contributed by atoms with Crippen LogP contribution >= 0.6 is 0 Å². The Kier molecular flexibility index (Phi) is 50.6. The molecule has 0 radical (unpaired) electrons. The highest BCUT2D eigenvalue weighted by atomic mass is 16.6. The van der Waals surface area contributed by atoms with E-state index in [4.69, 9.17) is 14.2 Å². The van der Waals surface area contributed by atoms with Gasteiger partial charge in [0.15, 0.2) is 6.10 Å². The van der Waals surface area contributed by atoms with Crippen molar-refractivity contribution in [2.75, 3.05) is 13.2 Å². The molecule has 0 aromatic rings. The molecule has 6 heteroatoms. The first kappa shape index (κ1) is 62.5. The number of hydrogen-bond acceptors (Lipinski definition) is 6. The van der Waals surface area contributed by atoms with Crippen LogP contribution in [-0.2, 0) is 28.6 Å². The van der Waals surface area contributed by atoms with Crippen LogP contribution in [0.5, 0.6) is 0 Å². The van der Waals surface area contributed by atoms with Crippen LogP contribution in [0.4, 0.5) is 0 Å². The first-order valence-electron chi connectivity index (χ1n) is 26.7.